The van der Waals surface area contributed by atoms with Gasteiger partial charge < -0.3 is 9.73 Å². The van der Waals surface area contributed by atoms with E-state index in [1.807, 2.05) is 6.26 Å². The highest BCUT2D eigenvalue weighted by Gasteiger charge is 2.19. The highest BCUT2D eigenvalue weighted by molar-refractivity contribution is 5.17. The van der Waals surface area contributed by atoms with Gasteiger partial charge in [0.05, 0.1) is 12.8 Å². The average molecular weight is 280 g/mol. The first-order valence-corrected chi connectivity index (χ1v) is 8.12. The number of hydrogen-bond acceptors (Lipinski definition) is 3. The van der Waals surface area contributed by atoms with Crippen molar-refractivity contribution in [1.82, 2.24) is 10.2 Å². The van der Waals surface area contributed by atoms with E-state index in [4.69, 9.17) is 4.42 Å². The predicted molar refractivity (Wildman–Crippen MR) is 85.7 cm³/mol. The summed E-state index contributed by atoms with van der Waals surface area (Å²) >= 11 is 0. The van der Waals surface area contributed by atoms with Gasteiger partial charge in [0.2, 0.25) is 0 Å². The molecule has 20 heavy (non-hydrogen) atoms. The van der Waals surface area contributed by atoms with E-state index >= 15 is 0 Å². The zero-order valence-electron chi connectivity index (χ0n) is 13.9. The van der Waals surface area contributed by atoms with Gasteiger partial charge in [-0.2, -0.15) is 0 Å². The van der Waals surface area contributed by atoms with Crippen LogP contribution in [-0.4, -0.2) is 24.0 Å². The van der Waals surface area contributed by atoms with Crippen molar-refractivity contribution in [1.29, 1.82) is 0 Å². The Labute approximate surface area is 124 Å². The van der Waals surface area contributed by atoms with Gasteiger partial charge in [0.1, 0.15) is 5.76 Å². The Balaban J connectivity index is 2.75. The summed E-state index contributed by atoms with van der Waals surface area (Å²) in [6.45, 7) is 15.2. The molecule has 0 bridgehead atoms. The normalized spacial score (nSPS) is 12.0. The van der Waals surface area contributed by atoms with Gasteiger partial charge in [-0.05, 0) is 31.4 Å². The molecule has 0 spiro atoms. The Bertz CT molecular complexity index is 356. The first kappa shape index (κ1) is 17.3. The van der Waals surface area contributed by atoms with Crippen molar-refractivity contribution < 1.29 is 4.42 Å². The van der Waals surface area contributed by atoms with E-state index in [-0.39, 0.29) is 0 Å². The number of nitrogens with one attached hydrogen (secondary N) is 1. The molecule has 1 aromatic rings. The lowest BCUT2D eigenvalue weighted by molar-refractivity contribution is 0.145. The van der Waals surface area contributed by atoms with Gasteiger partial charge in [0.25, 0.3) is 0 Å². The molecule has 0 aromatic carbocycles. The Morgan fingerprint density at radius 2 is 1.90 bits per heavy atom. The van der Waals surface area contributed by atoms with Crippen molar-refractivity contribution >= 4 is 0 Å². The molecule has 1 aromatic heterocycles. The van der Waals surface area contributed by atoms with Crippen LogP contribution in [-0.2, 0) is 13.1 Å². The molecule has 1 N–H and O–H groups in total. The van der Waals surface area contributed by atoms with Crippen LogP contribution < -0.4 is 5.32 Å². The third-order valence-electron chi connectivity index (χ3n) is 3.81. The van der Waals surface area contributed by atoms with E-state index in [2.05, 4.69) is 50.9 Å². The van der Waals surface area contributed by atoms with Crippen molar-refractivity contribution in [2.75, 3.05) is 13.1 Å². The molecule has 0 saturated heterocycles. The zero-order chi connectivity index (χ0) is 15.0. The summed E-state index contributed by atoms with van der Waals surface area (Å²) in [6, 6.07) is 2.74. The largest absolute Gasteiger partial charge is 0.468 e. The van der Waals surface area contributed by atoms with Crippen LogP contribution in [0.5, 0.6) is 0 Å². The number of rotatable bonds is 10. The second kappa shape index (κ2) is 9.19. The molecule has 0 radical (unpaired) electrons. The fourth-order valence-corrected chi connectivity index (χ4v) is 2.72. The third-order valence-corrected chi connectivity index (χ3v) is 3.81. The van der Waals surface area contributed by atoms with E-state index in [0.29, 0.717) is 12.0 Å². The monoisotopic (exact) mass is 280 g/mol. The lowest BCUT2D eigenvalue weighted by atomic mass is 10.1. The fourth-order valence-electron chi connectivity index (χ4n) is 2.72. The Hall–Kier alpha value is -0.800. The molecule has 1 heterocycles. The average Bonchev–Trinajstić information content (AvgIpc) is 2.84. The molecule has 3 heteroatoms. The van der Waals surface area contributed by atoms with Gasteiger partial charge >= 0.3 is 0 Å². The molecule has 116 valence electrons. The van der Waals surface area contributed by atoms with E-state index in [9.17, 15) is 0 Å². The molecule has 0 fully saturated rings. The van der Waals surface area contributed by atoms with E-state index in [1.54, 1.807) is 0 Å². The highest BCUT2D eigenvalue weighted by atomic mass is 16.3. The maximum absolute atomic E-state index is 5.73. The van der Waals surface area contributed by atoms with Gasteiger partial charge in [-0.25, -0.2) is 0 Å². The quantitative estimate of drug-likeness (QED) is 0.701. The van der Waals surface area contributed by atoms with Gasteiger partial charge in [-0.15, -0.1) is 0 Å². The summed E-state index contributed by atoms with van der Waals surface area (Å²) in [7, 11) is 0. The maximum atomic E-state index is 5.73. The van der Waals surface area contributed by atoms with Crippen molar-refractivity contribution in [3.8, 4) is 0 Å². The minimum atomic E-state index is 0.648. The molecular weight excluding hydrogens is 248 g/mol. The number of furan rings is 1. The van der Waals surface area contributed by atoms with Crippen LogP contribution in [0.3, 0.4) is 0 Å². The standard InChI is InChI=1S/C17H32N2O/c1-6-16(7-2)19(12-14(4)5)13-17-15(9-10-20-17)11-18-8-3/h9-10,14,16,18H,6-8,11-13H2,1-5H3. The second-order valence-corrected chi connectivity index (χ2v) is 5.94. The molecular formula is C17H32N2O. The summed E-state index contributed by atoms with van der Waals surface area (Å²) in [5.74, 6) is 1.81. The summed E-state index contributed by atoms with van der Waals surface area (Å²) in [4.78, 5) is 2.58. The van der Waals surface area contributed by atoms with Crippen LogP contribution in [0.2, 0.25) is 0 Å². The Morgan fingerprint density at radius 3 is 2.45 bits per heavy atom. The maximum Gasteiger partial charge on any atom is 0.122 e. The Kier molecular flexibility index (Phi) is 7.93. The molecule has 0 aliphatic carbocycles. The van der Waals surface area contributed by atoms with Crippen LogP contribution >= 0.6 is 0 Å². The summed E-state index contributed by atoms with van der Waals surface area (Å²) in [6.07, 6.45) is 4.22. The van der Waals surface area contributed by atoms with E-state index in [1.165, 1.54) is 18.4 Å². The van der Waals surface area contributed by atoms with Gasteiger partial charge in [0, 0.05) is 24.7 Å². The predicted octanol–water partition coefficient (Wildman–Crippen LogP) is 4.04. The SMILES string of the molecule is CCNCc1ccoc1CN(CC(C)C)C(CC)CC. The highest BCUT2D eigenvalue weighted by Crippen LogP contribution is 2.19. The van der Waals surface area contributed by atoms with Crippen molar-refractivity contribution in [3.63, 3.8) is 0 Å². The van der Waals surface area contributed by atoms with Crippen molar-refractivity contribution in [3.05, 3.63) is 23.7 Å². The van der Waals surface area contributed by atoms with E-state index in [0.717, 1.165) is 31.9 Å². The van der Waals surface area contributed by atoms with Gasteiger partial charge in [0.15, 0.2) is 0 Å². The zero-order valence-corrected chi connectivity index (χ0v) is 13.9. The van der Waals surface area contributed by atoms with Gasteiger partial charge in [-0.3, -0.25) is 4.90 Å². The summed E-state index contributed by atoms with van der Waals surface area (Å²) < 4.78 is 5.73. The summed E-state index contributed by atoms with van der Waals surface area (Å²) in [5, 5.41) is 3.38. The third kappa shape index (κ3) is 5.29. The van der Waals surface area contributed by atoms with Crippen molar-refractivity contribution in [2.45, 2.75) is 66.6 Å². The van der Waals surface area contributed by atoms with Crippen LogP contribution in [0, 0.1) is 5.92 Å². The first-order chi connectivity index (χ1) is 9.62. The fraction of sp³-hybridized carbons (Fsp3) is 0.765. The first-order valence-electron chi connectivity index (χ1n) is 8.12. The molecule has 0 saturated carbocycles. The number of hydrogen-bond donors (Lipinski definition) is 1. The Morgan fingerprint density at radius 1 is 1.20 bits per heavy atom. The molecule has 0 aliphatic rings. The van der Waals surface area contributed by atoms with Gasteiger partial charge in [-0.1, -0.05) is 34.6 Å². The lowest BCUT2D eigenvalue weighted by Gasteiger charge is -2.31. The number of nitrogens with zero attached hydrogens (tertiary/aromatic N) is 1. The molecule has 1 rings (SSSR count). The molecule has 0 amide bonds. The molecule has 0 unspecified atom stereocenters. The minimum absolute atomic E-state index is 0.648. The lowest BCUT2D eigenvalue weighted by Crippen LogP contribution is -2.37. The van der Waals surface area contributed by atoms with E-state index < -0.39 is 0 Å². The van der Waals surface area contributed by atoms with Crippen LogP contribution in [0.1, 0.15) is 58.8 Å². The molecule has 0 atom stereocenters. The summed E-state index contributed by atoms with van der Waals surface area (Å²) in [5.41, 5.74) is 1.30. The minimum Gasteiger partial charge on any atom is -0.468 e. The topological polar surface area (TPSA) is 28.4 Å². The molecule has 0 aliphatic heterocycles. The second-order valence-electron chi connectivity index (χ2n) is 5.94. The van der Waals surface area contributed by atoms with Crippen LogP contribution in [0.4, 0.5) is 0 Å². The van der Waals surface area contributed by atoms with Crippen LogP contribution in [0.25, 0.3) is 0 Å². The van der Waals surface area contributed by atoms with Crippen LogP contribution in [0.15, 0.2) is 16.7 Å². The smallest absolute Gasteiger partial charge is 0.122 e. The molecule has 3 nitrogen and oxygen atoms in total. The van der Waals surface area contributed by atoms with Crippen molar-refractivity contribution in [2.24, 2.45) is 5.92 Å².